The molecule has 0 amide bonds. The van der Waals surface area contributed by atoms with Crippen molar-refractivity contribution in [1.29, 1.82) is 0 Å². The van der Waals surface area contributed by atoms with Crippen LogP contribution < -0.4 is 15.4 Å². The van der Waals surface area contributed by atoms with Crippen molar-refractivity contribution in [2.45, 2.75) is 44.2 Å². The van der Waals surface area contributed by atoms with Gasteiger partial charge in [-0.25, -0.2) is 0 Å². The number of rotatable bonds is 6. The summed E-state index contributed by atoms with van der Waals surface area (Å²) in [6, 6.07) is 12.3. The number of aliphatic imine (C=N–C) groups is 1. The van der Waals surface area contributed by atoms with E-state index in [-0.39, 0.29) is 35.6 Å². The Balaban J connectivity index is 0.00000240. The molecule has 1 fully saturated rings. The molecule has 2 atom stereocenters. The van der Waals surface area contributed by atoms with Crippen LogP contribution in [0.2, 0.25) is 0 Å². The van der Waals surface area contributed by atoms with Crippen molar-refractivity contribution >= 4 is 29.9 Å². The lowest BCUT2D eigenvalue weighted by atomic mass is 10.0. The van der Waals surface area contributed by atoms with Gasteiger partial charge in [-0.15, -0.1) is 24.0 Å². The number of halogens is 1. The Kier molecular flexibility index (Phi) is 7.83. The van der Waals surface area contributed by atoms with Gasteiger partial charge < -0.3 is 24.5 Å². The zero-order chi connectivity index (χ0) is 19.2. The van der Waals surface area contributed by atoms with Crippen LogP contribution in [0.3, 0.4) is 0 Å². The van der Waals surface area contributed by atoms with Gasteiger partial charge in [0.1, 0.15) is 11.5 Å². The molecule has 2 aliphatic rings. The van der Waals surface area contributed by atoms with Crippen LogP contribution in [-0.2, 0) is 11.2 Å². The van der Waals surface area contributed by atoms with Gasteiger partial charge in [-0.1, -0.05) is 18.2 Å². The first-order valence-electron chi connectivity index (χ1n) is 10.1. The Morgan fingerprint density at radius 1 is 1.21 bits per heavy atom. The van der Waals surface area contributed by atoms with Gasteiger partial charge in [-0.3, -0.25) is 4.99 Å². The fourth-order valence-corrected chi connectivity index (χ4v) is 3.78. The summed E-state index contributed by atoms with van der Waals surface area (Å²) in [6.07, 6.45) is 5.58. The third kappa shape index (κ3) is 5.88. The van der Waals surface area contributed by atoms with E-state index < -0.39 is 0 Å². The second kappa shape index (κ2) is 10.3. The Hall–Kier alpha value is -1.74. The maximum atomic E-state index is 5.90. The summed E-state index contributed by atoms with van der Waals surface area (Å²) in [5.41, 5.74) is 1.01. The molecule has 4 rings (SSSR count). The number of hydrogen-bond donors (Lipinski definition) is 2. The summed E-state index contributed by atoms with van der Waals surface area (Å²) in [5.74, 6) is 2.73. The summed E-state index contributed by atoms with van der Waals surface area (Å²) < 4.78 is 17.1. The topological polar surface area (TPSA) is 68.0 Å². The SMILES string of the molecule is CC1(CN=C(NCCc2ccco2)NC2CCOc3ccccc32)CCCO1.I. The smallest absolute Gasteiger partial charge is 0.191 e. The quantitative estimate of drug-likeness (QED) is 0.348. The zero-order valence-electron chi connectivity index (χ0n) is 16.9. The van der Waals surface area contributed by atoms with E-state index >= 15 is 0 Å². The number of guanidine groups is 1. The minimum absolute atomic E-state index is 0. The first-order chi connectivity index (χ1) is 13.7. The average Bonchev–Trinajstić information content (AvgIpc) is 3.38. The van der Waals surface area contributed by atoms with E-state index in [0.717, 1.165) is 56.3 Å². The number of para-hydroxylation sites is 1. The van der Waals surface area contributed by atoms with Crippen LogP contribution in [0.1, 0.15) is 43.6 Å². The zero-order valence-corrected chi connectivity index (χ0v) is 19.2. The van der Waals surface area contributed by atoms with Crippen molar-refractivity contribution in [3.63, 3.8) is 0 Å². The van der Waals surface area contributed by atoms with Gasteiger partial charge in [0.15, 0.2) is 5.96 Å². The van der Waals surface area contributed by atoms with E-state index in [1.165, 1.54) is 5.56 Å². The highest BCUT2D eigenvalue weighted by Crippen LogP contribution is 2.31. The molecule has 0 aliphatic carbocycles. The molecular formula is C22H30IN3O3. The third-order valence-corrected chi connectivity index (χ3v) is 5.39. The number of furan rings is 1. The van der Waals surface area contributed by atoms with Crippen LogP contribution in [0, 0.1) is 0 Å². The standard InChI is InChI=1S/C22H29N3O3.HI/c1-22(11-5-14-28-22)16-24-21(23-12-9-17-6-4-13-26-17)25-19-10-15-27-20-8-3-2-7-18(19)20;/h2-4,6-8,13,19H,5,9-12,14-16H2,1H3,(H2,23,24,25);1H. The largest absolute Gasteiger partial charge is 0.493 e. The number of hydrogen-bond acceptors (Lipinski definition) is 4. The highest BCUT2D eigenvalue weighted by molar-refractivity contribution is 14.0. The Labute approximate surface area is 189 Å². The second-order valence-corrected chi connectivity index (χ2v) is 7.69. The van der Waals surface area contributed by atoms with Gasteiger partial charge in [-0.2, -0.15) is 0 Å². The number of nitrogens with zero attached hydrogens (tertiary/aromatic N) is 1. The predicted octanol–water partition coefficient (Wildman–Crippen LogP) is 4.07. The molecule has 29 heavy (non-hydrogen) atoms. The first-order valence-corrected chi connectivity index (χ1v) is 10.1. The molecule has 3 heterocycles. The van der Waals surface area contributed by atoms with Crippen LogP contribution in [0.15, 0.2) is 52.1 Å². The van der Waals surface area contributed by atoms with Gasteiger partial charge in [0.2, 0.25) is 0 Å². The van der Waals surface area contributed by atoms with E-state index in [1.807, 2.05) is 24.3 Å². The first kappa shape index (κ1) is 22.0. The van der Waals surface area contributed by atoms with Gasteiger partial charge in [0, 0.05) is 31.6 Å². The molecule has 2 unspecified atom stereocenters. The maximum Gasteiger partial charge on any atom is 0.191 e. The number of nitrogens with one attached hydrogen (secondary N) is 2. The van der Waals surface area contributed by atoms with E-state index in [0.29, 0.717) is 13.2 Å². The van der Waals surface area contributed by atoms with Crippen molar-refractivity contribution in [3.05, 3.63) is 54.0 Å². The fraction of sp³-hybridized carbons (Fsp3) is 0.500. The monoisotopic (exact) mass is 511 g/mol. The van der Waals surface area contributed by atoms with Crippen LogP contribution in [0.5, 0.6) is 5.75 Å². The lowest BCUT2D eigenvalue weighted by Crippen LogP contribution is -2.43. The lowest BCUT2D eigenvalue weighted by molar-refractivity contribution is 0.0283. The lowest BCUT2D eigenvalue weighted by Gasteiger charge is -2.29. The van der Waals surface area contributed by atoms with E-state index in [1.54, 1.807) is 6.26 Å². The molecular weight excluding hydrogens is 481 g/mol. The van der Waals surface area contributed by atoms with Crippen LogP contribution in [-0.4, -0.2) is 37.9 Å². The van der Waals surface area contributed by atoms with Gasteiger partial charge in [-0.05, 0) is 38.0 Å². The van der Waals surface area contributed by atoms with E-state index in [2.05, 4.69) is 29.7 Å². The molecule has 0 saturated carbocycles. The van der Waals surface area contributed by atoms with Crippen molar-refractivity contribution < 1.29 is 13.9 Å². The molecule has 1 aromatic carbocycles. The van der Waals surface area contributed by atoms with Crippen molar-refractivity contribution in [2.24, 2.45) is 4.99 Å². The molecule has 2 aliphatic heterocycles. The van der Waals surface area contributed by atoms with Gasteiger partial charge in [0.05, 0.1) is 31.1 Å². The van der Waals surface area contributed by atoms with Crippen LogP contribution in [0.4, 0.5) is 0 Å². The second-order valence-electron chi connectivity index (χ2n) is 7.69. The normalized spacial score (nSPS) is 23.6. The number of fused-ring (bicyclic) bond motifs is 1. The molecule has 2 aromatic rings. The Morgan fingerprint density at radius 2 is 2.10 bits per heavy atom. The Morgan fingerprint density at radius 3 is 2.90 bits per heavy atom. The minimum Gasteiger partial charge on any atom is -0.493 e. The van der Waals surface area contributed by atoms with Crippen LogP contribution >= 0.6 is 24.0 Å². The predicted molar refractivity (Wildman–Crippen MR) is 124 cm³/mol. The van der Waals surface area contributed by atoms with Gasteiger partial charge in [0.25, 0.3) is 0 Å². The Bertz CT molecular complexity index is 788. The van der Waals surface area contributed by atoms with Crippen LogP contribution in [0.25, 0.3) is 0 Å². The van der Waals surface area contributed by atoms with Crippen molar-refractivity contribution in [1.82, 2.24) is 10.6 Å². The van der Waals surface area contributed by atoms with E-state index in [9.17, 15) is 0 Å². The summed E-state index contributed by atoms with van der Waals surface area (Å²) >= 11 is 0. The van der Waals surface area contributed by atoms with Gasteiger partial charge >= 0.3 is 0 Å². The summed E-state index contributed by atoms with van der Waals surface area (Å²) in [5, 5.41) is 7.07. The molecule has 2 N–H and O–H groups in total. The number of ether oxygens (including phenoxy) is 2. The summed E-state index contributed by atoms with van der Waals surface area (Å²) in [6.45, 7) is 5.08. The van der Waals surface area contributed by atoms with E-state index in [4.69, 9.17) is 18.9 Å². The highest BCUT2D eigenvalue weighted by atomic mass is 127. The summed E-state index contributed by atoms with van der Waals surface area (Å²) in [4.78, 5) is 4.86. The third-order valence-electron chi connectivity index (χ3n) is 5.39. The fourth-order valence-electron chi connectivity index (χ4n) is 3.78. The molecule has 1 saturated heterocycles. The highest BCUT2D eigenvalue weighted by Gasteiger charge is 2.30. The molecule has 0 radical (unpaired) electrons. The van der Waals surface area contributed by atoms with Crippen molar-refractivity contribution in [3.8, 4) is 5.75 Å². The molecule has 7 heteroatoms. The average molecular weight is 511 g/mol. The molecule has 0 bridgehead atoms. The summed E-state index contributed by atoms with van der Waals surface area (Å²) in [7, 11) is 0. The molecule has 1 aromatic heterocycles. The molecule has 158 valence electrons. The maximum absolute atomic E-state index is 5.90. The van der Waals surface area contributed by atoms with Crippen molar-refractivity contribution in [2.75, 3.05) is 26.3 Å². The molecule has 6 nitrogen and oxygen atoms in total. The number of benzene rings is 1. The minimum atomic E-state index is -0.163. The molecule has 0 spiro atoms.